The maximum absolute atomic E-state index is 9.94. The fourth-order valence-electron chi connectivity index (χ4n) is 2.10. The Balaban J connectivity index is 2.08. The Morgan fingerprint density at radius 1 is 1.53 bits per heavy atom. The highest BCUT2D eigenvalue weighted by atomic mass is 32.1. The van der Waals surface area contributed by atoms with Gasteiger partial charge in [-0.15, -0.1) is 0 Å². The Kier molecular flexibility index (Phi) is 2.77. The first-order chi connectivity index (χ1) is 9.13. The second-order valence-corrected chi connectivity index (χ2v) is 4.50. The van der Waals surface area contributed by atoms with E-state index in [0.717, 1.165) is 0 Å². The minimum atomic E-state index is -1.24. The number of nitrogens with zero attached hydrogens (tertiary/aromatic N) is 2. The number of aliphatic hydroxyl groups is 3. The molecule has 0 amide bonds. The van der Waals surface area contributed by atoms with Gasteiger partial charge in [0, 0.05) is 6.20 Å². The summed E-state index contributed by atoms with van der Waals surface area (Å²) in [6.07, 6.45) is 1.02. The molecule has 3 rings (SSSR count). The first kappa shape index (κ1) is 12.2. The summed E-state index contributed by atoms with van der Waals surface area (Å²) in [4.78, 5) is 6.87. The molecule has 0 aromatic carbocycles. The predicted molar refractivity (Wildman–Crippen MR) is 67.8 cm³/mol. The number of H-pyrrole nitrogens is 1. The molecule has 0 saturated heterocycles. The van der Waals surface area contributed by atoms with Crippen LogP contribution in [0.25, 0.3) is 11.0 Å². The number of aliphatic hydroxyl groups excluding tert-OH is 3. The van der Waals surface area contributed by atoms with Crippen LogP contribution in [0, 0.1) is 4.64 Å². The van der Waals surface area contributed by atoms with E-state index in [1.54, 1.807) is 16.8 Å². The van der Waals surface area contributed by atoms with Crippen molar-refractivity contribution < 1.29 is 20.1 Å². The van der Waals surface area contributed by atoms with Crippen LogP contribution >= 0.6 is 12.2 Å². The number of ether oxygens (including phenoxy) is 1. The Hall–Kier alpha value is -1.90. The molecule has 3 heterocycles. The van der Waals surface area contributed by atoms with Crippen molar-refractivity contribution in [3.8, 4) is 0 Å². The number of aromatic amines is 1. The van der Waals surface area contributed by atoms with E-state index < -0.39 is 18.9 Å². The lowest BCUT2D eigenvalue weighted by molar-refractivity contribution is -0.0116. The van der Waals surface area contributed by atoms with Crippen LogP contribution in [-0.4, -0.2) is 42.6 Å². The Labute approximate surface area is 112 Å². The van der Waals surface area contributed by atoms with Gasteiger partial charge in [0.15, 0.2) is 17.6 Å². The monoisotopic (exact) mass is 281 g/mol. The first-order valence-electron chi connectivity index (χ1n) is 5.55. The summed E-state index contributed by atoms with van der Waals surface area (Å²) < 4.78 is 7.37. The number of hydrogen-bond acceptors (Lipinski definition) is 6. The van der Waals surface area contributed by atoms with Crippen LogP contribution in [0.15, 0.2) is 30.1 Å². The van der Waals surface area contributed by atoms with Gasteiger partial charge >= 0.3 is 0 Å². The van der Waals surface area contributed by atoms with E-state index in [9.17, 15) is 10.2 Å². The topological polar surface area (TPSA) is 104 Å². The fourth-order valence-corrected chi connectivity index (χ4v) is 2.32. The summed E-state index contributed by atoms with van der Waals surface area (Å²) in [5, 5.41) is 29.3. The van der Waals surface area contributed by atoms with Crippen molar-refractivity contribution in [3.05, 3.63) is 34.7 Å². The van der Waals surface area contributed by atoms with E-state index >= 15 is 0 Å². The third-order valence-corrected chi connectivity index (χ3v) is 3.37. The molecule has 4 N–H and O–H groups in total. The molecule has 1 unspecified atom stereocenters. The van der Waals surface area contributed by atoms with Crippen molar-refractivity contribution in [2.24, 2.45) is 0 Å². The van der Waals surface area contributed by atoms with Crippen molar-refractivity contribution in [3.63, 3.8) is 0 Å². The van der Waals surface area contributed by atoms with E-state index in [0.29, 0.717) is 15.7 Å². The van der Waals surface area contributed by atoms with Crippen LogP contribution in [-0.2, 0) is 4.74 Å². The van der Waals surface area contributed by atoms with Gasteiger partial charge in [-0.3, -0.25) is 4.57 Å². The maximum atomic E-state index is 9.94. The number of nitrogens with one attached hydrogen (secondary N) is 1. The lowest BCUT2D eigenvalue weighted by atomic mass is 10.2. The predicted octanol–water partition coefficient (Wildman–Crippen LogP) is 0.745. The third kappa shape index (κ3) is 1.72. The van der Waals surface area contributed by atoms with Crippen LogP contribution < -0.4 is 0 Å². The van der Waals surface area contributed by atoms with Crippen molar-refractivity contribution in [2.75, 3.05) is 6.61 Å². The quantitative estimate of drug-likeness (QED) is 0.606. The summed E-state index contributed by atoms with van der Waals surface area (Å²) in [7, 11) is 0. The van der Waals surface area contributed by atoms with Gasteiger partial charge in [0.1, 0.15) is 16.9 Å². The molecule has 1 aliphatic rings. The number of hydrogen-bond donors (Lipinski definition) is 4. The summed E-state index contributed by atoms with van der Waals surface area (Å²) in [6.45, 7) is -0.476. The van der Waals surface area contributed by atoms with Crippen LogP contribution in [0.5, 0.6) is 0 Å². The van der Waals surface area contributed by atoms with Crippen molar-refractivity contribution in [2.45, 2.75) is 12.3 Å². The molecular formula is C11H11N3O4S. The number of aromatic nitrogens is 3. The normalized spacial score (nSPS) is 23.1. The molecule has 19 heavy (non-hydrogen) atoms. The molecule has 0 spiro atoms. The lowest BCUT2D eigenvalue weighted by Crippen LogP contribution is -2.22. The van der Waals surface area contributed by atoms with Crippen LogP contribution in [0.3, 0.4) is 0 Å². The molecule has 0 fully saturated rings. The molecule has 2 aromatic heterocycles. The molecule has 100 valence electrons. The highest BCUT2D eigenvalue weighted by Gasteiger charge is 2.37. The molecule has 1 aliphatic heterocycles. The third-order valence-electron chi connectivity index (χ3n) is 3.05. The van der Waals surface area contributed by atoms with Gasteiger partial charge in [-0.1, -0.05) is 12.2 Å². The van der Waals surface area contributed by atoms with Crippen LogP contribution in [0.2, 0.25) is 0 Å². The van der Waals surface area contributed by atoms with Gasteiger partial charge in [-0.2, -0.15) is 0 Å². The van der Waals surface area contributed by atoms with Gasteiger partial charge in [-0.25, -0.2) is 4.98 Å². The SMILES string of the molecule is OCC1=C(O)C(O)[C@H](n2ccc3c(=S)nc[nH]c32)O1. The minimum absolute atomic E-state index is 0.0352. The summed E-state index contributed by atoms with van der Waals surface area (Å²) >= 11 is 5.09. The van der Waals surface area contributed by atoms with Gasteiger partial charge in [0.2, 0.25) is 6.23 Å². The molecule has 8 heteroatoms. The maximum Gasteiger partial charge on any atom is 0.210 e. The average molecular weight is 281 g/mol. The van der Waals surface area contributed by atoms with Gasteiger partial charge in [0.05, 0.1) is 11.7 Å². The molecule has 0 bridgehead atoms. The highest BCUT2D eigenvalue weighted by Crippen LogP contribution is 2.33. The van der Waals surface area contributed by atoms with Crippen molar-refractivity contribution in [1.29, 1.82) is 0 Å². The van der Waals surface area contributed by atoms with E-state index in [1.807, 2.05) is 0 Å². The largest absolute Gasteiger partial charge is 0.506 e. The van der Waals surface area contributed by atoms with Crippen molar-refractivity contribution in [1.82, 2.24) is 14.5 Å². The summed E-state index contributed by atoms with van der Waals surface area (Å²) in [5.74, 6) is -0.394. The van der Waals surface area contributed by atoms with Crippen LogP contribution in [0.1, 0.15) is 6.23 Å². The minimum Gasteiger partial charge on any atom is -0.506 e. The lowest BCUT2D eigenvalue weighted by Gasteiger charge is -2.18. The molecule has 0 radical (unpaired) electrons. The smallest absolute Gasteiger partial charge is 0.210 e. The first-order valence-corrected chi connectivity index (χ1v) is 5.96. The zero-order valence-electron chi connectivity index (χ0n) is 9.65. The molecule has 0 saturated carbocycles. The summed E-state index contributed by atoms with van der Waals surface area (Å²) in [5.41, 5.74) is 0.621. The Bertz CT molecular complexity index is 720. The van der Waals surface area contributed by atoms with Gasteiger partial charge < -0.3 is 25.0 Å². The van der Waals surface area contributed by atoms with Crippen LogP contribution in [0.4, 0.5) is 0 Å². The second-order valence-electron chi connectivity index (χ2n) is 4.11. The zero-order valence-corrected chi connectivity index (χ0v) is 10.5. The van der Waals surface area contributed by atoms with Gasteiger partial charge in [-0.05, 0) is 6.07 Å². The molecule has 2 aromatic rings. The summed E-state index contributed by atoms with van der Waals surface area (Å²) in [6, 6.07) is 1.74. The second kappa shape index (κ2) is 4.34. The van der Waals surface area contributed by atoms with E-state index in [-0.39, 0.29) is 11.5 Å². The molecule has 2 atom stereocenters. The number of rotatable bonds is 2. The molecule has 0 aliphatic carbocycles. The molecular weight excluding hydrogens is 270 g/mol. The zero-order chi connectivity index (χ0) is 13.6. The van der Waals surface area contributed by atoms with Crippen molar-refractivity contribution >= 4 is 23.3 Å². The number of fused-ring (bicyclic) bond motifs is 1. The molecule has 7 nitrogen and oxygen atoms in total. The van der Waals surface area contributed by atoms with E-state index in [2.05, 4.69) is 9.97 Å². The fraction of sp³-hybridized carbons (Fsp3) is 0.273. The van der Waals surface area contributed by atoms with E-state index in [1.165, 1.54) is 6.33 Å². The van der Waals surface area contributed by atoms with Gasteiger partial charge in [0.25, 0.3) is 0 Å². The standard InChI is InChI=1S/C11H11N3O4S/c15-3-6-7(16)8(17)11(18-6)14-2-1-5-9(14)12-4-13-10(5)19/h1-2,4,8,11,15-17H,3H2,(H,12,13,19)/t8?,11-/m1/s1. The Morgan fingerprint density at radius 3 is 3.00 bits per heavy atom. The average Bonchev–Trinajstić information content (AvgIpc) is 2.94. The highest BCUT2D eigenvalue weighted by molar-refractivity contribution is 7.71. The Morgan fingerprint density at radius 2 is 2.32 bits per heavy atom. The van der Waals surface area contributed by atoms with E-state index in [4.69, 9.17) is 22.1 Å².